The van der Waals surface area contributed by atoms with Crippen molar-refractivity contribution in [1.29, 1.82) is 0 Å². The van der Waals surface area contributed by atoms with Crippen LogP contribution in [0.15, 0.2) is 77.7 Å². The van der Waals surface area contributed by atoms with Crippen LogP contribution in [0.1, 0.15) is 11.3 Å². The molecule has 4 aromatic rings. The number of hydrogen-bond donors (Lipinski definition) is 1. The SMILES string of the molecule is Cc1cc(-c2ccc(C(F)(F)F)cc2)nc(-c2cccc(-c3cccc(S(N)(=O)=O)c3)n2)n1. The molecule has 0 saturated carbocycles. The number of sulfonamides is 1. The fourth-order valence-electron chi connectivity index (χ4n) is 3.21. The molecule has 0 saturated heterocycles. The number of nitrogens with zero attached hydrogens (tertiary/aromatic N) is 3. The Balaban J connectivity index is 1.73. The highest BCUT2D eigenvalue weighted by atomic mass is 32.2. The minimum atomic E-state index is -4.42. The van der Waals surface area contributed by atoms with Gasteiger partial charge in [-0.25, -0.2) is 28.5 Å². The molecule has 0 bridgehead atoms. The van der Waals surface area contributed by atoms with Gasteiger partial charge >= 0.3 is 6.18 Å². The third-order valence-electron chi connectivity index (χ3n) is 4.80. The maximum Gasteiger partial charge on any atom is 0.416 e. The summed E-state index contributed by atoms with van der Waals surface area (Å²) in [6, 6.07) is 17.6. The van der Waals surface area contributed by atoms with Gasteiger partial charge in [-0.3, -0.25) is 0 Å². The second-order valence-corrected chi connectivity index (χ2v) is 8.84. The molecule has 6 nitrogen and oxygen atoms in total. The molecule has 0 amide bonds. The lowest BCUT2D eigenvalue weighted by Crippen LogP contribution is -2.12. The van der Waals surface area contributed by atoms with Crippen molar-refractivity contribution in [3.63, 3.8) is 0 Å². The number of nitrogens with two attached hydrogens (primary N) is 1. The van der Waals surface area contributed by atoms with Gasteiger partial charge in [0.1, 0.15) is 5.69 Å². The average Bonchev–Trinajstić information content (AvgIpc) is 2.78. The van der Waals surface area contributed by atoms with Crippen LogP contribution < -0.4 is 5.14 Å². The summed E-state index contributed by atoms with van der Waals surface area (Å²) in [6.07, 6.45) is -4.42. The van der Waals surface area contributed by atoms with E-state index in [-0.39, 0.29) is 10.7 Å². The molecule has 10 heteroatoms. The molecule has 0 radical (unpaired) electrons. The van der Waals surface area contributed by atoms with E-state index in [0.29, 0.717) is 33.9 Å². The van der Waals surface area contributed by atoms with Crippen LogP contribution >= 0.6 is 0 Å². The first-order valence-electron chi connectivity index (χ1n) is 9.65. The summed E-state index contributed by atoms with van der Waals surface area (Å²) in [6.45, 7) is 1.75. The lowest BCUT2D eigenvalue weighted by Gasteiger charge is -2.10. The third kappa shape index (κ3) is 5.07. The van der Waals surface area contributed by atoms with Gasteiger partial charge in [-0.2, -0.15) is 13.2 Å². The van der Waals surface area contributed by atoms with Gasteiger partial charge in [-0.15, -0.1) is 0 Å². The molecule has 0 aliphatic heterocycles. The number of primary sulfonamides is 1. The summed E-state index contributed by atoms with van der Waals surface area (Å²) in [5.41, 5.74) is 2.27. The Kier molecular flexibility index (Phi) is 5.73. The second kappa shape index (κ2) is 8.38. The fourth-order valence-corrected chi connectivity index (χ4v) is 3.77. The Bertz CT molecular complexity index is 1440. The van der Waals surface area contributed by atoms with Gasteiger partial charge in [0.2, 0.25) is 10.0 Å². The van der Waals surface area contributed by atoms with Crippen LogP contribution in [0.4, 0.5) is 13.2 Å². The minimum absolute atomic E-state index is 0.0383. The standard InChI is InChI=1S/C23H17F3N4O2S/c1-14-12-21(15-8-10-17(11-9-15)23(24,25)26)30-22(28-14)20-7-3-6-19(29-20)16-4-2-5-18(13-16)33(27,31)32/h2-13H,1H3,(H2,27,31,32). The first-order chi connectivity index (χ1) is 15.5. The predicted octanol–water partition coefficient (Wildman–Crippen LogP) is 4.85. The number of aryl methyl sites for hydroxylation is 1. The lowest BCUT2D eigenvalue weighted by atomic mass is 10.1. The van der Waals surface area contributed by atoms with Gasteiger partial charge in [0.15, 0.2) is 5.82 Å². The summed E-state index contributed by atoms with van der Waals surface area (Å²) in [4.78, 5) is 13.4. The van der Waals surface area contributed by atoms with Gasteiger partial charge in [0.25, 0.3) is 0 Å². The van der Waals surface area contributed by atoms with Crippen molar-refractivity contribution < 1.29 is 21.6 Å². The van der Waals surface area contributed by atoms with E-state index in [4.69, 9.17) is 5.14 Å². The van der Waals surface area contributed by atoms with E-state index in [1.807, 2.05) is 0 Å². The quantitative estimate of drug-likeness (QED) is 0.460. The summed E-state index contributed by atoms with van der Waals surface area (Å²) in [7, 11) is -3.87. The molecular weight excluding hydrogens is 453 g/mol. The summed E-state index contributed by atoms with van der Waals surface area (Å²) in [5.74, 6) is 0.286. The van der Waals surface area contributed by atoms with Crippen molar-refractivity contribution in [1.82, 2.24) is 15.0 Å². The maximum absolute atomic E-state index is 12.9. The fraction of sp³-hybridized carbons (Fsp3) is 0.0870. The van der Waals surface area contributed by atoms with Crippen LogP contribution in [-0.2, 0) is 16.2 Å². The van der Waals surface area contributed by atoms with E-state index in [2.05, 4.69) is 15.0 Å². The van der Waals surface area contributed by atoms with E-state index < -0.39 is 21.8 Å². The molecule has 33 heavy (non-hydrogen) atoms. The number of rotatable bonds is 4. The molecule has 2 N–H and O–H groups in total. The van der Waals surface area contributed by atoms with Gasteiger partial charge in [0.05, 0.1) is 21.8 Å². The first kappa shape index (κ1) is 22.6. The van der Waals surface area contributed by atoms with Gasteiger partial charge in [-0.05, 0) is 49.4 Å². The van der Waals surface area contributed by atoms with Crippen LogP contribution in [-0.4, -0.2) is 23.4 Å². The van der Waals surface area contributed by atoms with E-state index in [1.165, 1.54) is 24.3 Å². The zero-order chi connectivity index (χ0) is 23.8. The van der Waals surface area contributed by atoms with E-state index in [0.717, 1.165) is 12.1 Å². The second-order valence-electron chi connectivity index (χ2n) is 7.27. The van der Waals surface area contributed by atoms with Crippen LogP contribution in [0.3, 0.4) is 0 Å². The summed E-state index contributed by atoms with van der Waals surface area (Å²) >= 11 is 0. The number of benzene rings is 2. The number of hydrogen-bond acceptors (Lipinski definition) is 5. The van der Waals surface area contributed by atoms with Crippen LogP contribution in [0.25, 0.3) is 34.0 Å². The molecule has 0 atom stereocenters. The van der Waals surface area contributed by atoms with Crippen molar-refractivity contribution >= 4 is 10.0 Å². The largest absolute Gasteiger partial charge is 0.416 e. The number of alkyl halides is 3. The molecule has 0 aliphatic rings. The molecule has 2 heterocycles. The van der Waals surface area contributed by atoms with Crippen molar-refractivity contribution in [2.45, 2.75) is 18.0 Å². The Morgan fingerprint density at radius 1 is 0.758 bits per heavy atom. The van der Waals surface area contributed by atoms with E-state index in [9.17, 15) is 21.6 Å². The third-order valence-corrected chi connectivity index (χ3v) is 5.71. The average molecular weight is 470 g/mol. The smallest absolute Gasteiger partial charge is 0.244 e. The maximum atomic E-state index is 12.9. The van der Waals surface area contributed by atoms with E-state index >= 15 is 0 Å². The molecule has 0 unspecified atom stereocenters. The first-order valence-corrected chi connectivity index (χ1v) is 11.2. The Hall–Kier alpha value is -3.63. The zero-order valence-electron chi connectivity index (χ0n) is 17.2. The van der Waals surface area contributed by atoms with Gasteiger partial charge < -0.3 is 0 Å². The Labute approximate surface area is 188 Å². The molecule has 2 aromatic heterocycles. The topological polar surface area (TPSA) is 98.8 Å². The summed E-state index contributed by atoms with van der Waals surface area (Å²) < 4.78 is 61.9. The highest BCUT2D eigenvalue weighted by Crippen LogP contribution is 2.31. The highest BCUT2D eigenvalue weighted by molar-refractivity contribution is 7.89. The normalized spacial score (nSPS) is 12.0. The van der Waals surface area contributed by atoms with Crippen molar-refractivity contribution in [2.75, 3.05) is 0 Å². The monoisotopic (exact) mass is 470 g/mol. The van der Waals surface area contributed by atoms with E-state index in [1.54, 1.807) is 43.3 Å². The van der Waals surface area contributed by atoms with Crippen molar-refractivity contribution in [3.8, 4) is 34.0 Å². The molecule has 2 aromatic carbocycles. The molecule has 0 spiro atoms. The molecule has 4 rings (SSSR count). The minimum Gasteiger partial charge on any atom is -0.244 e. The molecule has 0 fully saturated rings. The highest BCUT2D eigenvalue weighted by Gasteiger charge is 2.30. The summed E-state index contributed by atoms with van der Waals surface area (Å²) in [5, 5.41) is 5.22. The lowest BCUT2D eigenvalue weighted by molar-refractivity contribution is -0.137. The Morgan fingerprint density at radius 3 is 2.09 bits per heavy atom. The van der Waals surface area contributed by atoms with Crippen molar-refractivity contribution in [3.05, 3.63) is 84.1 Å². The Morgan fingerprint density at radius 2 is 1.42 bits per heavy atom. The number of halogens is 3. The van der Waals surface area contributed by atoms with Gasteiger partial charge in [-0.1, -0.05) is 30.3 Å². The van der Waals surface area contributed by atoms with Crippen LogP contribution in [0.2, 0.25) is 0 Å². The molecule has 0 aliphatic carbocycles. The zero-order valence-corrected chi connectivity index (χ0v) is 18.0. The molecular formula is C23H17F3N4O2S. The number of pyridine rings is 1. The predicted molar refractivity (Wildman–Crippen MR) is 117 cm³/mol. The number of aromatic nitrogens is 3. The van der Waals surface area contributed by atoms with Crippen LogP contribution in [0, 0.1) is 6.92 Å². The van der Waals surface area contributed by atoms with Gasteiger partial charge in [0, 0.05) is 16.8 Å². The van der Waals surface area contributed by atoms with Crippen LogP contribution in [0.5, 0.6) is 0 Å². The van der Waals surface area contributed by atoms with Crippen molar-refractivity contribution in [2.24, 2.45) is 5.14 Å². The molecule has 168 valence electrons.